The number of anilines is 1. The summed E-state index contributed by atoms with van der Waals surface area (Å²) in [4.78, 5) is 0. The van der Waals surface area contributed by atoms with Crippen LogP contribution in [0.3, 0.4) is 0 Å². The van der Waals surface area contributed by atoms with Crippen molar-refractivity contribution in [2.45, 2.75) is 44.6 Å². The molecule has 0 aliphatic heterocycles. The van der Waals surface area contributed by atoms with Crippen molar-refractivity contribution < 1.29 is 0 Å². The molecular formula is C15H19ClN2. The van der Waals surface area contributed by atoms with Gasteiger partial charge in [-0.3, -0.25) is 0 Å². The maximum atomic E-state index is 9.23. The summed E-state index contributed by atoms with van der Waals surface area (Å²) in [5.41, 5.74) is 0.974. The highest BCUT2D eigenvalue weighted by atomic mass is 35.5. The zero-order valence-corrected chi connectivity index (χ0v) is 11.3. The predicted octanol–water partition coefficient (Wildman–Crippen LogP) is 4.61. The summed E-state index contributed by atoms with van der Waals surface area (Å²) in [6, 6.07) is 9.82. The van der Waals surface area contributed by atoms with Crippen LogP contribution >= 0.6 is 11.6 Å². The smallest absolute Gasteiger partial charge is 0.114 e. The highest BCUT2D eigenvalue weighted by Gasteiger charge is 2.18. The summed E-state index contributed by atoms with van der Waals surface area (Å²) in [6.45, 7) is 0. The molecule has 0 amide bonds. The van der Waals surface area contributed by atoms with E-state index in [1.807, 2.05) is 24.3 Å². The number of rotatable bonds is 4. The van der Waals surface area contributed by atoms with Crippen molar-refractivity contribution in [3.05, 3.63) is 29.3 Å². The molecule has 1 aromatic rings. The Hall–Kier alpha value is -1.20. The Balaban J connectivity index is 1.88. The number of nitriles is 1. The maximum absolute atomic E-state index is 9.23. The SMILES string of the molecule is N#CC(CC1CCCCC1)Nc1ccc(Cl)cc1. The largest absolute Gasteiger partial charge is 0.370 e. The zero-order chi connectivity index (χ0) is 12.8. The molecule has 0 saturated heterocycles. The van der Waals surface area contributed by atoms with Crippen LogP contribution < -0.4 is 5.32 Å². The van der Waals surface area contributed by atoms with Crippen LogP contribution in [-0.2, 0) is 0 Å². The van der Waals surface area contributed by atoms with Crippen LogP contribution in [0.4, 0.5) is 5.69 Å². The summed E-state index contributed by atoms with van der Waals surface area (Å²) in [5, 5.41) is 13.2. The number of halogens is 1. The van der Waals surface area contributed by atoms with E-state index < -0.39 is 0 Å². The molecule has 2 nitrogen and oxygen atoms in total. The van der Waals surface area contributed by atoms with Crippen molar-refractivity contribution in [3.63, 3.8) is 0 Å². The molecule has 1 atom stereocenters. The lowest BCUT2D eigenvalue weighted by Gasteiger charge is -2.24. The molecule has 1 aliphatic carbocycles. The molecule has 0 spiro atoms. The molecule has 1 unspecified atom stereocenters. The quantitative estimate of drug-likeness (QED) is 0.860. The highest BCUT2D eigenvalue weighted by molar-refractivity contribution is 6.30. The van der Waals surface area contributed by atoms with E-state index in [1.165, 1.54) is 32.1 Å². The van der Waals surface area contributed by atoms with Gasteiger partial charge in [0.25, 0.3) is 0 Å². The van der Waals surface area contributed by atoms with Crippen molar-refractivity contribution in [2.24, 2.45) is 5.92 Å². The van der Waals surface area contributed by atoms with Crippen LogP contribution in [0.15, 0.2) is 24.3 Å². The van der Waals surface area contributed by atoms with Crippen LogP contribution in [-0.4, -0.2) is 6.04 Å². The Kier molecular flexibility index (Phi) is 4.90. The van der Waals surface area contributed by atoms with E-state index in [9.17, 15) is 5.26 Å². The van der Waals surface area contributed by atoms with Crippen LogP contribution in [0.2, 0.25) is 5.02 Å². The molecule has 1 aliphatic rings. The minimum absolute atomic E-state index is 0.0886. The number of benzene rings is 1. The third-order valence-corrected chi connectivity index (χ3v) is 3.89. The number of nitrogens with one attached hydrogen (secondary N) is 1. The van der Waals surface area contributed by atoms with Gasteiger partial charge in [-0.05, 0) is 36.6 Å². The normalized spacial score (nSPS) is 18.0. The first kappa shape index (κ1) is 13.2. The van der Waals surface area contributed by atoms with Crippen molar-refractivity contribution in [3.8, 4) is 6.07 Å². The molecule has 2 rings (SSSR count). The Morgan fingerprint density at radius 1 is 1.22 bits per heavy atom. The number of nitrogens with zero attached hydrogens (tertiary/aromatic N) is 1. The lowest BCUT2D eigenvalue weighted by Crippen LogP contribution is -2.22. The van der Waals surface area contributed by atoms with E-state index in [2.05, 4.69) is 11.4 Å². The minimum atomic E-state index is -0.0886. The Morgan fingerprint density at radius 3 is 2.50 bits per heavy atom. The zero-order valence-electron chi connectivity index (χ0n) is 10.5. The molecule has 0 bridgehead atoms. The second-order valence-electron chi connectivity index (χ2n) is 5.07. The maximum Gasteiger partial charge on any atom is 0.114 e. The van der Waals surface area contributed by atoms with Gasteiger partial charge in [0.1, 0.15) is 6.04 Å². The van der Waals surface area contributed by atoms with Crippen molar-refractivity contribution in [2.75, 3.05) is 5.32 Å². The lowest BCUT2D eigenvalue weighted by molar-refractivity contribution is 0.335. The first-order valence-electron chi connectivity index (χ1n) is 6.69. The molecule has 1 fully saturated rings. The molecular weight excluding hydrogens is 244 g/mol. The van der Waals surface area contributed by atoms with Gasteiger partial charge in [-0.15, -0.1) is 0 Å². The minimum Gasteiger partial charge on any atom is -0.370 e. The number of hydrogen-bond acceptors (Lipinski definition) is 2. The molecule has 1 N–H and O–H groups in total. The van der Waals surface area contributed by atoms with E-state index in [-0.39, 0.29) is 6.04 Å². The Labute approximate surface area is 114 Å². The average Bonchev–Trinajstić information content (AvgIpc) is 2.41. The van der Waals surface area contributed by atoms with Gasteiger partial charge in [0.2, 0.25) is 0 Å². The average molecular weight is 263 g/mol. The van der Waals surface area contributed by atoms with Gasteiger partial charge >= 0.3 is 0 Å². The van der Waals surface area contributed by atoms with Gasteiger partial charge in [0, 0.05) is 10.7 Å². The second kappa shape index (κ2) is 6.66. The fourth-order valence-corrected chi connectivity index (χ4v) is 2.77. The molecule has 96 valence electrons. The third-order valence-electron chi connectivity index (χ3n) is 3.63. The van der Waals surface area contributed by atoms with E-state index in [0.717, 1.165) is 17.1 Å². The van der Waals surface area contributed by atoms with E-state index >= 15 is 0 Å². The molecule has 1 saturated carbocycles. The summed E-state index contributed by atoms with van der Waals surface area (Å²) in [6.07, 6.45) is 7.52. The third kappa shape index (κ3) is 3.92. The molecule has 1 aromatic carbocycles. The summed E-state index contributed by atoms with van der Waals surface area (Å²) in [5.74, 6) is 0.711. The van der Waals surface area contributed by atoms with Gasteiger partial charge in [-0.1, -0.05) is 43.7 Å². The summed E-state index contributed by atoms with van der Waals surface area (Å²) < 4.78 is 0. The van der Waals surface area contributed by atoms with Crippen LogP contribution in [0.1, 0.15) is 38.5 Å². The Morgan fingerprint density at radius 2 is 1.89 bits per heavy atom. The molecule has 0 heterocycles. The first-order valence-corrected chi connectivity index (χ1v) is 7.07. The fourth-order valence-electron chi connectivity index (χ4n) is 2.65. The van der Waals surface area contributed by atoms with Crippen molar-refractivity contribution in [1.29, 1.82) is 5.26 Å². The van der Waals surface area contributed by atoms with Gasteiger partial charge in [-0.2, -0.15) is 5.26 Å². The summed E-state index contributed by atoms with van der Waals surface area (Å²) in [7, 11) is 0. The summed E-state index contributed by atoms with van der Waals surface area (Å²) >= 11 is 5.84. The van der Waals surface area contributed by atoms with Gasteiger partial charge < -0.3 is 5.32 Å². The van der Waals surface area contributed by atoms with Crippen molar-refractivity contribution in [1.82, 2.24) is 0 Å². The predicted molar refractivity (Wildman–Crippen MR) is 75.7 cm³/mol. The fraction of sp³-hybridized carbons (Fsp3) is 0.533. The topological polar surface area (TPSA) is 35.8 Å². The van der Waals surface area contributed by atoms with Crippen LogP contribution in [0, 0.1) is 17.2 Å². The Bertz CT molecular complexity index is 401. The van der Waals surface area contributed by atoms with Gasteiger partial charge in [-0.25, -0.2) is 0 Å². The standard InChI is InChI=1S/C15H19ClN2/c16-13-6-8-14(9-7-13)18-15(11-17)10-12-4-2-1-3-5-12/h6-9,12,15,18H,1-5,10H2. The second-order valence-corrected chi connectivity index (χ2v) is 5.51. The molecule has 3 heteroatoms. The van der Waals surface area contributed by atoms with E-state index in [1.54, 1.807) is 0 Å². The van der Waals surface area contributed by atoms with Crippen molar-refractivity contribution >= 4 is 17.3 Å². The molecule has 0 radical (unpaired) electrons. The first-order chi connectivity index (χ1) is 8.78. The van der Waals surface area contributed by atoms with Crippen LogP contribution in [0.25, 0.3) is 0 Å². The van der Waals surface area contributed by atoms with E-state index in [0.29, 0.717) is 5.92 Å². The lowest BCUT2D eigenvalue weighted by atomic mass is 9.85. The van der Waals surface area contributed by atoms with Crippen LogP contribution in [0.5, 0.6) is 0 Å². The molecule has 18 heavy (non-hydrogen) atoms. The van der Waals surface area contributed by atoms with E-state index in [4.69, 9.17) is 11.6 Å². The van der Waals surface area contributed by atoms with Gasteiger partial charge in [0.05, 0.1) is 6.07 Å². The van der Waals surface area contributed by atoms with Gasteiger partial charge in [0.15, 0.2) is 0 Å². The highest BCUT2D eigenvalue weighted by Crippen LogP contribution is 2.28. The monoisotopic (exact) mass is 262 g/mol. The molecule has 0 aromatic heterocycles. The number of hydrogen-bond donors (Lipinski definition) is 1.